The van der Waals surface area contributed by atoms with Crippen LogP contribution in [-0.2, 0) is 4.79 Å². The van der Waals surface area contributed by atoms with Crippen LogP contribution in [0.5, 0.6) is 0 Å². The fourth-order valence-electron chi connectivity index (χ4n) is 1.31. The smallest absolute Gasteiger partial charge is 0.303 e. The number of unbranched alkanes of at least 4 members (excludes halogenated alkanes) is 1. The fourth-order valence-corrected chi connectivity index (χ4v) is 1.31. The maximum absolute atomic E-state index is 13.1. The Morgan fingerprint density at radius 2 is 1.94 bits per heavy atom. The van der Waals surface area contributed by atoms with E-state index in [2.05, 4.69) is 5.32 Å². The van der Waals surface area contributed by atoms with Crippen LogP contribution in [0.2, 0.25) is 0 Å². The van der Waals surface area contributed by atoms with E-state index in [9.17, 15) is 18.0 Å². The van der Waals surface area contributed by atoms with E-state index in [1.165, 1.54) is 0 Å². The number of halogens is 3. The van der Waals surface area contributed by atoms with Gasteiger partial charge >= 0.3 is 5.97 Å². The number of rotatable bonds is 6. The highest BCUT2D eigenvalue weighted by Gasteiger charge is 2.10. The fraction of sp³-hybridized carbons (Fsp3) is 0.364. The van der Waals surface area contributed by atoms with Gasteiger partial charge in [0.1, 0.15) is 5.82 Å². The number of hydrogen-bond acceptors (Lipinski definition) is 2. The van der Waals surface area contributed by atoms with Crippen molar-refractivity contribution in [2.75, 3.05) is 11.9 Å². The first-order chi connectivity index (χ1) is 8.00. The Labute approximate surface area is 96.3 Å². The first-order valence-corrected chi connectivity index (χ1v) is 5.11. The number of carboxylic acids is 1. The predicted molar refractivity (Wildman–Crippen MR) is 56.3 cm³/mol. The minimum atomic E-state index is -1.25. The molecule has 0 aliphatic carbocycles. The minimum Gasteiger partial charge on any atom is -0.481 e. The van der Waals surface area contributed by atoms with Crippen molar-refractivity contribution in [1.29, 1.82) is 0 Å². The van der Waals surface area contributed by atoms with Gasteiger partial charge in [-0.05, 0) is 12.8 Å². The van der Waals surface area contributed by atoms with Gasteiger partial charge < -0.3 is 10.4 Å². The quantitative estimate of drug-likeness (QED) is 0.600. The van der Waals surface area contributed by atoms with Gasteiger partial charge in [0.25, 0.3) is 0 Å². The Bertz CT molecular complexity index is 410. The van der Waals surface area contributed by atoms with Crippen LogP contribution in [0.25, 0.3) is 0 Å². The molecule has 0 heterocycles. The molecule has 0 aromatic heterocycles. The van der Waals surface area contributed by atoms with Gasteiger partial charge in [-0.3, -0.25) is 4.79 Å². The number of benzene rings is 1. The average molecular weight is 247 g/mol. The number of carbonyl (C=O) groups is 1. The van der Waals surface area contributed by atoms with Gasteiger partial charge in [0.15, 0.2) is 11.6 Å². The zero-order chi connectivity index (χ0) is 12.8. The van der Waals surface area contributed by atoms with Crippen LogP contribution in [0.4, 0.5) is 18.9 Å². The monoisotopic (exact) mass is 247 g/mol. The molecule has 0 bridgehead atoms. The van der Waals surface area contributed by atoms with Crippen molar-refractivity contribution in [2.24, 2.45) is 0 Å². The van der Waals surface area contributed by atoms with Gasteiger partial charge in [0, 0.05) is 25.1 Å². The molecule has 0 fully saturated rings. The number of hydrogen-bond donors (Lipinski definition) is 2. The lowest BCUT2D eigenvalue weighted by atomic mass is 10.2. The lowest BCUT2D eigenvalue weighted by molar-refractivity contribution is -0.137. The van der Waals surface area contributed by atoms with E-state index in [0.717, 1.165) is 6.07 Å². The molecule has 0 aliphatic rings. The van der Waals surface area contributed by atoms with Crippen molar-refractivity contribution in [3.8, 4) is 0 Å². The molecule has 3 nitrogen and oxygen atoms in total. The van der Waals surface area contributed by atoms with Gasteiger partial charge in [0.05, 0.1) is 5.69 Å². The first-order valence-electron chi connectivity index (χ1n) is 5.11. The maximum Gasteiger partial charge on any atom is 0.303 e. The van der Waals surface area contributed by atoms with E-state index in [1.54, 1.807) is 0 Å². The highest BCUT2D eigenvalue weighted by atomic mass is 19.2. The van der Waals surface area contributed by atoms with Crippen molar-refractivity contribution in [2.45, 2.75) is 19.3 Å². The molecule has 1 aromatic carbocycles. The van der Waals surface area contributed by atoms with Gasteiger partial charge in [0.2, 0.25) is 0 Å². The van der Waals surface area contributed by atoms with Crippen molar-refractivity contribution in [3.05, 3.63) is 29.6 Å². The number of anilines is 1. The van der Waals surface area contributed by atoms with Crippen molar-refractivity contribution in [1.82, 2.24) is 0 Å². The summed E-state index contributed by atoms with van der Waals surface area (Å²) in [5, 5.41) is 10.9. The highest BCUT2D eigenvalue weighted by molar-refractivity contribution is 5.66. The lowest BCUT2D eigenvalue weighted by Crippen LogP contribution is -2.06. The van der Waals surface area contributed by atoms with Crippen LogP contribution in [0.1, 0.15) is 19.3 Å². The van der Waals surface area contributed by atoms with E-state index < -0.39 is 23.4 Å². The third kappa shape index (κ3) is 4.34. The third-order valence-corrected chi connectivity index (χ3v) is 2.13. The molecule has 0 aliphatic heterocycles. The second-order valence-corrected chi connectivity index (χ2v) is 3.53. The van der Waals surface area contributed by atoms with Crippen LogP contribution >= 0.6 is 0 Å². The van der Waals surface area contributed by atoms with Crippen LogP contribution in [-0.4, -0.2) is 17.6 Å². The third-order valence-electron chi connectivity index (χ3n) is 2.13. The zero-order valence-electron chi connectivity index (χ0n) is 8.97. The van der Waals surface area contributed by atoms with Gasteiger partial charge in [-0.1, -0.05) is 0 Å². The summed E-state index contributed by atoms with van der Waals surface area (Å²) in [6.07, 6.45) is 0.910. The van der Waals surface area contributed by atoms with E-state index in [-0.39, 0.29) is 18.7 Å². The lowest BCUT2D eigenvalue weighted by Gasteiger charge is -2.07. The first kappa shape index (κ1) is 13.3. The molecule has 17 heavy (non-hydrogen) atoms. The molecule has 6 heteroatoms. The van der Waals surface area contributed by atoms with Crippen LogP contribution in [0.15, 0.2) is 12.1 Å². The molecule has 0 amide bonds. The van der Waals surface area contributed by atoms with E-state index in [0.29, 0.717) is 18.9 Å². The summed E-state index contributed by atoms with van der Waals surface area (Å²) >= 11 is 0. The Morgan fingerprint density at radius 3 is 2.59 bits per heavy atom. The second kappa shape index (κ2) is 6.12. The van der Waals surface area contributed by atoms with E-state index >= 15 is 0 Å². The minimum absolute atomic E-state index is 0.0155. The van der Waals surface area contributed by atoms with Gasteiger partial charge in [-0.25, -0.2) is 13.2 Å². The largest absolute Gasteiger partial charge is 0.481 e. The number of nitrogens with one attached hydrogen (secondary N) is 1. The summed E-state index contributed by atoms with van der Waals surface area (Å²) in [5.41, 5.74) is -0.252. The molecule has 0 unspecified atom stereocenters. The molecule has 0 radical (unpaired) electrons. The van der Waals surface area contributed by atoms with E-state index in [4.69, 9.17) is 5.11 Å². The van der Waals surface area contributed by atoms with Crippen molar-refractivity contribution < 1.29 is 23.1 Å². The Balaban J connectivity index is 2.44. The number of carboxylic acid groups (broad SMARTS) is 1. The normalized spacial score (nSPS) is 10.3. The average Bonchev–Trinajstić information content (AvgIpc) is 2.23. The van der Waals surface area contributed by atoms with Crippen LogP contribution in [0.3, 0.4) is 0 Å². The Kier molecular flexibility index (Phi) is 4.81. The number of aliphatic carboxylic acids is 1. The summed E-state index contributed by atoms with van der Waals surface area (Å²) in [6, 6.07) is 1.32. The molecule has 0 saturated carbocycles. The summed E-state index contributed by atoms with van der Waals surface area (Å²) in [7, 11) is 0. The Hall–Kier alpha value is -1.72. The summed E-state index contributed by atoms with van der Waals surface area (Å²) < 4.78 is 38.7. The summed E-state index contributed by atoms with van der Waals surface area (Å²) in [4.78, 5) is 10.2. The van der Waals surface area contributed by atoms with Gasteiger partial charge in [-0.2, -0.15) is 0 Å². The van der Waals surface area contributed by atoms with E-state index in [1.807, 2.05) is 0 Å². The molecule has 1 rings (SSSR count). The van der Waals surface area contributed by atoms with Gasteiger partial charge in [-0.15, -0.1) is 0 Å². The maximum atomic E-state index is 13.1. The highest BCUT2D eigenvalue weighted by Crippen LogP contribution is 2.19. The summed E-state index contributed by atoms with van der Waals surface area (Å²) in [6.45, 7) is 0.257. The van der Waals surface area contributed by atoms with Crippen LogP contribution in [0, 0.1) is 17.5 Å². The zero-order valence-corrected chi connectivity index (χ0v) is 8.97. The van der Waals surface area contributed by atoms with Crippen LogP contribution < -0.4 is 5.32 Å². The second-order valence-electron chi connectivity index (χ2n) is 3.53. The standard InChI is InChI=1S/C11H12F3NO2/c12-7-5-8(13)11(14)9(6-7)15-4-2-1-3-10(16)17/h5-6,15H,1-4H2,(H,16,17). The van der Waals surface area contributed by atoms with Crippen molar-refractivity contribution >= 4 is 11.7 Å². The molecule has 2 N–H and O–H groups in total. The topological polar surface area (TPSA) is 49.3 Å². The molecule has 0 saturated heterocycles. The molecule has 0 spiro atoms. The molecular weight excluding hydrogens is 235 g/mol. The SMILES string of the molecule is O=C(O)CCCCNc1cc(F)cc(F)c1F. The summed E-state index contributed by atoms with van der Waals surface area (Å²) in [5.74, 6) is -4.16. The Morgan fingerprint density at radius 1 is 1.24 bits per heavy atom. The molecule has 1 aromatic rings. The molecule has 94 valence electrons. The van der Waals surface area contributed by atoms with Crippen molar-refractivity contribution in [3.63, 3.8) is 0 Å². The molecule has 0 atom stereocenters. The predicted octanol–water partition coefficient (Wildman–Crippen LogP) is 2.77. The molecular formula is C11H12F3NO2.